The molecule has 158 valence electrons. The van der Waals surface area contributed by atoms with Gasteiger partial charge in [-0.3, -0.25) is 9.59 Å². The standard InChI is InChI=1S/C24H20BrNO5/c1-2-30-18-9-4-7-16(13-18)22(27)20-21(15-6-3-8-17(25)12-15)26(24(29)23(20)28)14-19-10-5-11-31-19/h3-13,21,27H,2,14H2,1H3/b22-20+. The molecule has 0 bridgehead atoms. The average Bonchev–Trinajstić information content (AvgIpc) is 3.36. The van der Waals surface area contributed by atoms with Crippen LogP contribution >= 0.6 is 15.9 Å². The third kappa shape index (κ3) is 4.14. The molecule has 7 heteroatoms. The van der Waals surface area contributed by atoms with E-state index in [-0.39, 0.29) is 17.9 Å². The first-order valence-corrected chi connectivity index (χ1v) is 10.6. The molecule has 31 heavy (non-hydrogen) atoms. The van der Waals surface area contributed by atoms with Gasteiger partial charge in [-0.2, -0.15) is 0 Å². The van der Waals surface area contributed by atoms with Gasteiger partial charge in [0.2, 0.25) is 0 Å². The summed E-state index contributed by atoms with van der Waals surface area (Å²) < 4.78 is 11.7. The zero-order valence-electron chi connectivity index (χ0n) is 16.7. The van der Waals surface area contributed by atoms with Crippen molar-refractivity contribution in [3.05, 3.63) is 93.9 Å². The number of Topliss-reactive ketones (excluding diaryl/α,β-unsaturated/α-hetero) is 1. The molecule has 2 heterocycles. The molecule has 4 rings (SSSR count). The molecule has 1 amide bonds. The molecule has 0 saturated carbocycles. The molecule has 1 N–H and O–H groups in total. The van der Waals surface area contributed by atoms with Crippen LogP contribution in [0, 0.1) is 0 Å². The number of nitrogens with zero attached hydrogens (tertiary/aromatic N) is 1. The summed E-state index contributed by atoms with van der Waals surface area (Å²) in [4.78, 5) is 27.4. The summed E-state index contributed by atoms with van der Waals surface area (Å²) in [7, 11) is 0. The summed E-state index contributed by atoms with van der Waals surface area (Å²) in [5.74, 6) is -0.567. The van der Waals surface area contributed by atoms with Gasteiger partial charge in [-0.25, -0.2) is 0 Å². The lowest BCUT2D eigenvalue weighted by molar-refractivity contribution is -0.140. The van der Waals surface area contributed by atoms with E-state index in [2.05, 4.69) is 15.9 Å². The summed E-state index contributed by atoms with van der Waals surface area (Å²) in [6, 6.07) is 16.8. The van der Waals surface area contributed by atoms with Crippen LogP contribution in [0.25, 0.3) is 5.76 Å². The zero-order valence-corrected chi connectivity index (χ0v) is 18.3. The predicted octanol–water partition coefficient (Wildman–Crippen LogP) is 5.06. The molecule has 0 radical (unpaired) electrons. The van der Waals surface area contributed by atoms with E-state index in [4.69, 9.17) is 9.15 Å². The van der Waals surface area contributed by atoms with Crippen molar-refractivity contribution in [2.75, 3.05) is 6.61 Å². The summed E-state index contributed by atoms with van der Waals surface area (Å²) >= 11 is 3.45. The van der Waals surface area contributed by atoms with E-state index < -0.39 is 17.7 Å². The van der Waals surface area contributed by atoms with Gasteiger partial charge < -0.3 is 19.2 Å². The normalized spacial score (nSPS) is 17.9. The largest absolute Gasteiger partial charge is 0.507 e. The summed E-state index contributed by atoms with van der Waals surface area (Å²) in [5, 5.41) is 11.1. The Morgan fingerprint density at radius 3 is 2.65 bits per heavy atom. The van der Waals surface area contributed by atoms with E-state index in [0.29, 0.717) is 29.2 Å². The topological polar surface area (TPSA) is 80.0 Å². The lowest BCUT2D eigenvalue weighted by atomic mass is 9.95. The third-order valence-corrected chi connectivity index (χ3v) is 5.52. The molecule has 2 aromatic carbocycles. The minimum atomic E-state index is -0.765. The van der Waals surface area contributed by atoms with Crippen LogP contribution in [0.1, 0.15) is 29.9 Å². The fourth-order valence-corrected chi connectivity index (χ4v) is 4.11. The maximum absolute atomic E-state index is 13.1. The van der Waals surface area contributed by atoms with Gasteiger partial charge >= 0.3 is 0 Å². The fourth-order valence-electron chi connectivity index (χ4n) is 3.69. The van der Waals surface area contributed by atoms with E-state index in [9.17, 15) is 14.7 Å². The summed E-state index contributed by atoms with van der Waals surface area (Å²) in [6.07, 6.45) is 1.51. The SMILES string of the molecule is CCOc1cccc(/C(O)=C2\C(=O)C(=O)N(Cc3ccco3)C2c2cccc(Br)c2)c1. The second-order valence-electron chi connectivity index (χ2n) is 7.02. The Kier molecular flexibility index (Phi) is 5.95. The van der Waals surface area contributed by atoms with Crippen LogP contribution in [0.5, 0.6) is 5.75 Å². The van der Waals surface area contributed by atoms with Crippen molar-refractivity contribution in [2.45, 2.75) is 19.5 Å². The van der Waals surface area contributed by atoms with Crippen molar-refractivity contribution in [1.82, 2.24) is 4.90 Å². The van der Waals surface area contributed by atoms with Gasteiger partial charge in [0.25, 0.3) is 11.7 Å². The van der Waals surface area contributed by atoms with E-state index >= 15 is 0 Å². The van der Waals surface area contributed by atoms with Crippen LogP contribution in [-0.4, -0.2) is 28.3 Å². The van der Waals surface area contributed by atoms with Gasteiger partial charge in [0.15, 0.2) is 0 Å². The highest BCUT2D eigenvalue weighted by Crippen LogP contribution is 2.41. The second-order valence-corrected chi connectivity index (χ2v) is 7.94. The van der Waals surface area contributed by atoms with Gasteiger partial charge in [-0.15, -0.1) is 0 Å². The smallest absolute Gasteiger partial charge is 0.296 e. The number of aliphatic hydroxyl groups excluding tert-OH is 1. The summed E-state index contributed by atoms with van der Waals surface area (Å²) in [5.41, 5.74) is 1.13. The lowest BCUT2D eigenvalue weighted by Gasteiger charge is -2.24. The van der Waals surface area contributed by atoms with Crippen LogP contribution in [-0.2, 0) is 16.1 Å². The highest BCUT2D eigenvalue weighted by molar-refractivity contribution is 9.10. The van der Waals surface area contributed by atoms with Gasteiger partial charge in [-0.05, 0) is 48.9 Å². The molecule has 6 nitrogen and oxygen atoms in total. The third-order valence-electron chi connectivity index (χ3n) is 5.03. The van der Waals surface area contributed by atoms with Crippen molar-refractivity contribution in [1.29, 1.82) is 0 Å². The fraction of sp³-hybridized carbons (Fsp3) is 0.167. The van der Waals surface area contributed by atoms with Crippen molar-refractivity contribution in [2.24, 2.45) is 0 Å². The number of amides is 1. The Morgan fingerprint density at radius 1 is 1.13 bits per heavy atom. The number of likely N-dealkylation sites (tertiary alicyclic amines) is 1. The Balaban J connectivity index is 1.86. The highest BCUT2D eigenvalue weighted by atomic mass is 79.9. The molecular weight excluding hydrogens is 462 g/mol. The van der Waals surface area contributed by atoms with Crippen molar-refractivity contribution < 1.29 is 23.8 Å². The monoisotopic (exact) mass is 481 g/mol. The maximum atomic E-state index is 13.1. The van der Waals surface area contributed by atoms with Gasteiger partial charge in [0, 0.05) is 10.0 Å². The van der Waals surface area contributed by atoms with Crippen molar-refractivity contribution in [3.8, 4) is 5.75 Å². The predicted molar refractivity (Wildman–Crippen MR) is 118 cm³/mol. The molecule has 3 aromatic rings. The van der Waals surface area contributed by atoms with Gasteiger partial charge in [0.1, 0.15) is 17.3 Å². The number of hydrogen-bond donors (Lipinski definition) is 1. The molecule has 1 aliphatic rings. The molecule has 1 unspecified atom stereocenters. The number of benzene rings is 2. The molecule has 1 aliphatic heterocycles. The molecule has 0 aliphatic carbocycles. The number of rotatable bonds is 6. The van der Waals surface area contributed by atoms with Gasteiger partial charge in [0.05, 0.1) is 31.0 Å². The lowest BCUT2D eigenvalue weighted by Crippen LogP contribution is -2.29. The quantitative estimate of drug-likeness (QED) is 0.302. The molecule has 0 spiro atoms. The van der Waals surface area contributed by atoms with Crippen molar-refractivity contribution in [3.63, 3.8) is 0 Å². The van der Waals surface area contributed by atoms with Crippen molar-refractivity contribution >= 4 is 33.4 Å². The Bertz CT molecular complexity index is 1150. The number of hydrogen-bond acceptors (Lipinski definition) is 5. The van der Waals surface area contributed by atoms with Crippen LogP contribution in [0.15, 0.2) is 81.4 Å². The maximum Gasteiger partial charge on any atom is 0.296 e. The number of carbonyl (C=O) groups is 2. The number of furan rings is 1. The molecule has 1 saturated heterocycles. The number of ketones is 1. The number of ether oxygens (including phenoxy) is 1. The highest BCUT2D eigenvalue weighted by Gasteiger charge is 2.46. The minimum Gasteiger partial charge on any atom is -0.507 e. The van der Waals surface area contributed by atoms with Gasteiger partial charge in [-0.1, -0.05) is 40.2 Å². The number of halogens is 1. The van der Waals surface area contributed by atoms with Crippen LogP contribution in [0.4, 0.5) is 0 Å². The molecule has 1 fully saturated rings. The van der Waals surface area contributed by atoms with E-state index in [1.807, 2.05) is 31.2 Å². The molecular formula is C24H20BrNO5. The Morgan fingerprint density at radius 2 is 1.94 bits per heavy atom. The Labute approximate surface area is 187 Å². The Hall–Kier alpha value is -3.32. The molecule has 1 atom stereocenters. The summed E-state index contributed by atoms with van der Waals surface area (Å²) in [6.45, 7) is 2.43. The number of aliphatic hydroxyl groups is 1. The second kappa shape index (κ2) is 8.81. The molecule has 1 aromatic heterocycles. The van der Waals surface area contributed by atoms with E-state index in [1.54, 1.807) is 36.4 Å². The van der Waals surface area contributed by atoms with Crippen LogP contribution in [0.2, 0.25) is 0 Å². The van der Waals surface area contributed by atoms with E-state index in [0.717, 1.165) is 4.47 Å². The van der Waals surface area contributed by atoms with Crippen LogP contribution in [0.3, 0.4) is 0 Å². The minimum absolute atomic E-state index is 0.0308. The number of carbonyl (C=O) groups excluding carboxylic acids is 2. The zero-order chi connectivity index (χ0) is 22.0. The first-order valence-electron chi connectivity index (χ1n) is 9.79. The van der Waals surface area contributed by atoms with E-state index in [1.165, 1.54) is 11.2 Å². The first kappa shape index (κ1) is 20.9. The van der Waals surface area contributed by atoms with Crippen LogP contribution < -0.4 is 4.74 Å². The first-order chi connectivity index (χ1) is 15.0. The average molecular weight is 482 g/mol.